The van der Waals surface area contributed by atoms with Crippen molar-refractivity contribution < 1.29 is 27.1 Å². The van der Waals surface area contributed by atoms with Crippen LogP contribution in [0.1, 0.15) is 0 Å². The van der Waals surface area contributed by atoms with Crippen molar-refractivity contribution in [3.63, 3.8) is 0 Å². The third kappa shape index (κ3) is 3.31. The van der Waals surface area contributed by atoms with E-state index in [4.69, 9.17) is 9.47 Å². The number of carbonyl (C=O) groups excluding carboxylic acids is 1. The second-order valence-electron chi connectivity index (χ2n) is 4.89. The van der Waals surface area contributed by atoms with Crippen LogP contribution >= 0.6 is 0 Å². The van der Waals surface area contributed by atoms with Crippen LogP contribution in [0.25, 0.3) is 0 Å². The summed E-state index contributed by atoms with van der Waals surface area (Å²) in [5, 5.41) is 0. The van der Waals surface area contributed by atoms with Gasteiger partial charge in [-0.25, -0.2) is 12.8 Å². The zero-order chi connectivity index (χ0) is 17.2. The molecule has 0 saturated heterocycles. The molecule has 0 aromatic heterocycles. The number of fused-ring (bicyclic) bond motifs is 1. The molecule has 0 fully saturated rings. The van der Waals surface area contributed by atoms with Gasteiger partial charge in [-0.15, -0.1) is 4.83 Å². The molecule has 0 aliphatic carbocycles. The van der Waals surface area contributed by atoms with E-state index in [1.165, 1.54) is 12.1 Å². The number of benzene rings is 2. The van der Waals surface area contributed by atoms with Gasteiger partial charge in [0, 0.05) is 0 Å². The topological polar surface area (TPSA) is 93.7 Å². The van der Waals surface area contributed by atoms with Crippen LogP contribution < -0.4 is 19.7 Å². The Kier molecular flexibility index (Phi) is 4.36. The number of hydrazine groups is 1. The number of para-hydroxylation sites is 2. The maximum Gasteiger partial charge on any atom is 0.279 e. The van der Waals surface area contributed by atoms with Gasteiger partial charge in [0.1, 0.15) is 17.3 Å². The molecule has 2 aromatic carbocycles. The van der Waals surface area contributed by atoms with E-state index in [1.807, 2.05) is 10.3 Å². The van der Waals surface area contributed by atoms with Gasteiger partial charge in [-0.1, -0.05) is 24.3 Å². The highest BCUT2D eigenvalue weighted by molar-refractivity contribution is 7.89. The molecule has 7 nitrogen and oxygen atoms in total. The maximum atomic E-state index is 13.6. The smallest absolute Gasteiger partial charge is 0.279 e. The zero-order valence-electron chi connectivity index (χ0n) is 12.2. The molecule has 24 heavy (non-hydrogen) atoms. The Morgan fingerprint density at radius 1 is 1.08 bits per heavy atom. The molecular formula is C15H13FN2O5S. The molecule has 1 atom stereocenters. The third-order valence-corrected chi connectivity index (χ3v) is 4.52. The van der Waals surface area contributed by atoms with Gasteiger partial charge in [-0.2, -0.15) is 0 Å². The van der Waals surface area contributed by atoms with E-state index < -0.39 is 32.7 Å². The second-order valence-corrected chi connectivity index (χ2v) is 6.54. The molecule has 3 rings (SSSR count). The number of rotatable bonds is 4. The summed E-state index contributed by atoms with van der Waals surface area (Å²) in [5.74, 6) is -0.816. The van der Waals surface area contributed by atoms with Crippen molar-refractivity contribution in [2.45, 2.75) is 11.0 Å². The van der Waals surface area contributed by atoms with Gasteiger partial charge in [0.2, 0.25) is 6.10 Å². The highest BCUT2D eigenvalue weighted by Gasteiger charge is 2.28. The number of nitrogens with one attached hydrogen (secondary N) is 2. The van der Waals surface area contributed by atoms with E-state index in [1.54, 1.807) is 24.3 Å². The number of ether oxygens (including phenoxy) is 2. The van der Waals surface area contributed by atoms with Gasteiger partial charge in [-0.05, 0) is 24.3 Å². The number of hydrogen-bond donors (Lipinski definition) is 2. The molecule has 0 spiro atoms. The van der Waals surface area contributed by atoms with E-state index in [9.17, 15) is 17.6 Å². The van der Waals surface area contributed by atoms with E-state index >= 15 is 0 Å². The zero-order valence-corrected chi connectivity index (χ0v) is 13.0. The van der Waals surface area contributed by atoms with Crippen LogP contribution in [0, 0.1) is 5.82 Å². The molecule has 1 aliphatic heterocycles. The van der Waals surface area contributed by atoms with E-state index in [2.05, 4.69) is 0 Å². The van der Waals surface area contributed by atoms with Crippen molar-refractivity contribution in [3.05, 3.63) is 54.3 Å². The van der Waals surface area contributed by atoms with Crippen LogP contribution in [-0.2, 0) is 14.8 Å². The molecule has 1 heterocycles. The van der Waals surface area contributed by atoms with Crippen molar-refractivity contribution in [1.82, 2.24) is 10.3 Å². The average Bonchev–Trinajstić information content (AvgIpc) is 2.59. The van der Waals surface area contributed by atoms with E-state index in [-0.39, 0.29) is 6.61 Å². The van der Waals surface area contributed by atoms with Crippen LogP contribution in [0.4, 0.5) is 4.39 Å². The van der Waals surface area contributed by atoms with Gasteiger partial charge in [0.25, 0.3) is 15.9 Å². The van der Waals surface area contributed by atoms with Gasteiger partial charge >= 0.3 is 0 Å². The number of carbonyl (C=O) groups is 1. The summed E-state index contributed by atoms with van der Waals surface area (Å²) < 4.78 is 48.4. The van der Waals surface area contributed by atoms with Crippen LogP contribution in [0.2, 0.25) is 0 Å². The van der Waals surface area contributed by atoms with Crippen LogP contribution in [0.5, 0.6) is 11.5 Å². The Morgan fingerprint density at radius 2 is 1.75 bits per heavy atom. The molecule has 126 valence electrons. The van der Waals surface area contributed by atoms with Gasteiger partial charge < -0.3 is 9.47 Å². The Bertz CT molecular complexity index is 872. The van der Waals surface area contributed by atoms with E-state index in [0.717, 1.165) is 12.1 Å². The minimum atomic E-state index is -4.24. The van der Waals surface area contributed by atoms with E-state index in [0.29, 0.717) is 11.5 Å². The van der Waals surface area contributed by atoms with Crippen molar-refractivity contribution in [2.24, 2.45) is 0 Å². The Hall–Kier alpha value is -2.65. The summed E-state index contributed by atoms with van der Waals surface area (Å²) in [6, 6.07) is 11.6. The molecule has 0 saturated carbocycles. The fourth-order valence-electron chi connectivity index (χ4n) is 2.06. The minimum absolute atomic E-state index is 0.0791. The summed E-state index contributed by atoms with van der Waals surface area (Å²) in [4.78, 5) is 13.3. The second kappa shape index (κ2) is 6.46. The van der Waals surface area contributed by atoms with Crippen LogP contribution in [-0.4, -0.2) is 27.0 Å². The lowest BCUT2D eigenvalue weighted by molar-refractivity contribution is -0.130. The first-order valence-electron chi connectivity index (χ1n) is 6.92. The van der Waals surface area contributed by atoms with Crippen LogP contribution in [0.15, 0.2) is 53.4 Å². The van der Waals surface area contributed by atoms with Crippen molar-refractivity contribution in [1.29, 1.82) is 0 Å². The standard InChI is InChI=1S/C15H13FN2O5S/c16-10-5-1-4-8-14(10)24(20,21)18-17-15(19)13-9-22-11-6-2-3-7-12(11)23-13/h1-8,13,18H,9H2,(H,17,19)/t13-/m1/s1. The first kappa shape index (κ1) is 16.2. The predicted octanol–water partition coefficient (Wildman–Crippen LogP) is 0.975. The Balaban J connectivity index is 1.65. The SMILES string of the molecule is O=C(NNS(=O)(=O)c1ccccc1F)[C@H]1COc2ccccc2O1. The Labute approximate surface area is 137 Å². The molecular weight excluding hydrogens is 339 g/mol. The lowest BCUT2D eigenvalue weighted by Crippen LogP contribution is -2.50. The van der Waals surface area contributed by atoms with Gasteiger partial charge in [-0.3, -0.25) is 10.2 Å². The summed E-state index contributed by atoms with van der Waals surface area (Å²) >= 11 is 0. The monoisotopic (exact) mass is 352 g/mol. The molecule has 9 heteroatoms. The number of amides is 1. The molecule has 1 aliphatic rings. The molecule has 0 unspecified atom stereocenters. The quantitative estimate of drug-likeness (QED) is 0.800. The largest absolute Gasteiger partial charge is 0.485 e. The van der Waals surface area contributed by atoms with Gasteiger partial charge in [0.05, 0.1) is 0 Å². The normalized spacial score (nSPS) is 16.5. The van der Waals surface area contributed by atoms with Crippen molar-refractivity contribution in [2.75, 3.05) is 6.61 Å². The number of hydrogen-bond acceptors (Lipinski definition) is 5. The summed E-state index contributed by atoms with van der Waals surface area (Å²) in [5.41, 5.74) is 2.00. The average molecular weight is 352 g/mol. The predicted molar refractivity (Wildman–Crippen MR) is 81.2 cm³/mol. The first-order chi connectivity index (χ1) is 11.5. The summed E-state index contributed by atoms with van der Waals surface area (Å²) in [6.45, 7) is -0.0791. The molecule has 2 N–H and O–H groups in total. The van der Waals surface area contributed by atoms with Crippen molar-refractivity contribution >= 4 is 15.9 Å². The number of halogens is 1. The van der Waals surface area contributed by atoms with Gasteiger partial charge in [0.15, 0.2) is 11.5 Å². The summed E-state index contributed by atoms with van der Waals surface area (Å²) in [7, 11) is -4.24. The molecule has 0 bridgehead atoms. The molecule has 1 amide bonds. The lowest BCUT2D eigenvalue weighted by Gasteiger charge is -2.25. The number of sulfonamides is 1. The molecule has 2 aromatic rings. The minimum Gasteiger partial charge on any atom is -0.485 e. The fraction of sp³-hybridized carbons (Fsp3) is 0.133. The Morgan fingerprint density at radius 3 is 2.50 bits per heavy atom. The lowest BCUT2D eigenvalue weighted by atomic mass is 10.2. The third-order valence-electron chi connectivity index (χ3n) is 3.24. The summed E-state index contributed by atoms with van der Waals surface area (Å²) in [6.07, 6.45) is -1.04. The van der Waals surface area contributed by atoms with Crippen LogP contribution in [0.3, 0.4) is 0 Å². The highest BCUT2D eigenvalue weighted by Crippen LogP contribution is 2.30. The first-order valence-corrected chi connectivity index (χ1v) is 8.40. The maximum absolute atomic E-state index is 13.6. The fourth-order valence-corrected chi connectivity index (χ4v) is 2.99. The highest BCUT2D eigenvalue weighted by atomic mass is 32.2. The molecule has 0 radical (unpaired) electrons. The van der Waals surface area contributed by atoms with Crippen molar-refractivity contribution in [3.8, 4) is 11.5 Å².